The number of nitrogens with zero attached hydrogens (tertiary/aromatic N) is 5. The molecule has 0 fully saturated rings. The van der Waals surface area contributed by atoms with Crippen LogP contribution in [0.1, 0.15) is 38.9 Å². The second-order valence-electron chi connectivity index (χ2n) is 17.8. The lowest BCUT2D eigenvalue weighted by Gasteiger charge is -2.31. The Morgan fingerprint density at radius 3 is 0.577 bits per heavy atom. The number of sulfonamides is 5. The predicted molar refractivity (Wildman–Crippen MR) is 274 cm³/mol. The molecule has 0 unspecified atom stereocenters. The van der Waals surface area contributed by atoms with Crippen molar-refractivity contribution in [1.29, 1.82) is 0 Å². The summed E-state index contributed by atoms with van der Waals surface area (Å²) in [6.07, 6.45) is 0. The summed E-state index contributed by atoms with van der Waals surface area (Å²) in [5.41, 5.74) is 5.02. The van der Waals surface area contributed by atoms with Gasteiger partial charge in [0.1, 0.15) is 0 Å². The summed E-state index contributed by atoms with van der Waals surface area (Å²) in [5, 5.41) is 0. The van der Waals surface area contributed by atoms with Crippen LogP contribution in [0.4, 0.5) is 0 Å². The maximum Gasteiger partial charge on any atom is 0.243 e. The van der Waals surface area contributed by atoms with Crippen molar-refractivity contribution >= 4 is 50.1 Å². The molecule has 0 atom stereocenters. The lowest BCUT2D eigenvalue weighted by Crippen LogP contribution is -2.47. The summed E-state index contributed by atoms with van der Waals surface area (Å²) in [5.74, 6) is 0. The van der Waals surface area contributed by atoms with Crippen molar-refractivity contribution in [2.24, 2.45) is 0 Å². The number of rotatable bonds is 10. The van der Waals surface area contributed by atoms with Crippen molar-refractivity contribution in [3.05, 3.63) is 185 Å². The Kier molecular flexibility index (Phi) is 16.6. The van der Waals surface area contributed by atoms with Gasteiger partial charge >= 0.3 is 0 Å². The number of aryl methyl sites for hydroxylation is 5. The first-order chi connectivity index (χ1) is 33.5. The van der Waals surface area contributed by atoms with Gasteiger partial charge in [-0.15, -0.1) is 0 Å². The summed E-state index contributed by atoms with van der Waals surface area (Å²) in [6.45, 7) is 5.16. The van der Waals surface area contributed by atoms with Crippen LogP contribution in [0.25, 0.3) is 0 Å². The topological polar surface area (TPSA) is 187 Å². The van der Waals surface area contributed by atoms with Crippen molar-refractivity contribution in [3.8, 4) is 0 Å². The first-order valence-electron chi connectivity index (χ1n) is 22.9. The van der Waals surface area contributed by atoms with E-state index in [0.29, 0.717) is 11.1 Å². The zero-order valence-corrected chi connectivity index (χ0v) is 44.4. The van der Waals surface area contributed by atoms with E-state index in [1.54, 1.807) is 106 Å². The van der Waals surface area contributed by atoms with Crippen LogP contribution in [0.5, 0.6) is 0 Å². The van der Waals surface area contributed by atoms with Crippen LogP contribution >= 0.6 is 0 Å². The van der Waals surface area contributed by atoms with E-state index in [0.717, 1.165) is 40.7 Å². The third kappa shape index (κ3) is 12.6. The van der Waals surface area contributed by atoms with Crippen molar-refractivity contribution in [1.82, 2.24) is 21.5 Å². The SMILES string of the molecule is Cc1ccc(S(=O)(=O)N2CCN(S(=O)(=O)c3ccc(C)cc3)CCN(S(=O)(=O)c3ccc(C)cc3)Cc3ccc(cc3)CN(S(=O)(=O)c3ccc(C)cc3)CCN(S(=O)(=O)c3ccc(C)cc3)CC2)cc1. The van der Waals surface area contributed by atoms with E-state index in [-0.39, 0.29) is 50.7 Å². The van der Waals surface area contributed by atoms with Crippen molar-refractivity contribution in [3.63, 3.8) is 0 Å². The van der Waals surface area contributed by atoms with Gasteiger partial charge in [0, 0.05) is 65.4 Å². The number of hydrogen-bond acceptors (Lipinski definition) is 10. The summed E-state index contributed by atoms with van der Waals surface area (Å²) in [7, 11) is -22.0. The first kappa shape index (κ1) is 53.7. The number of hydrogen-bond donors (Lipinski definition) is 0. The molecule has 0 N–H and O–H groups in total. The molecular formula is C51H59N5O10S5. The van der Waals surface area contributed by atoms with Gasteiger partial charge in [-0.05, 0) is 106 Å². The summed E-state index contributed by atoms with van der Waals surface area (Å²) < 4.78 is 152. The van der Waals surface area contributed by atoms with Crippen LogP contribution in [-0.4, -0.2) is 116 Å². The van der Waals surface area contributed by atoms with Gasteiger partial charge < -0.3 is 0 Å². The standard InChI is InChI=1S/C51H59N5O10S5/c1-40-6-20-47(21-7-40)67(57,58)52-30-32-53(68(59,60)48-22-8-41(2)9-23-48)34-36-55(70(63,64)50-26-12-43(4)13-27-50)38-45-16-18-46(19-17-45)39-56(71(65,66)51-28-14-44(5)15-29-51)37-35-54(33-31-52)69(61,62)49-24-10-42(3)11-25-49/h6-29H,30-39H2,1-5H3. The molecule has 8 rings (SSSR count). The van der Waals surface area contributed by atoms with Gasteiger partial charge in [-0.3, -0.25) is 0 Å². The monoisotopic (exact) mass is 1060 g/mol. The van der Waals surface area contributed by atoms with E-state index in [2.05, 4.69) is 0 Å². The summed E-state index contributed by atoms with van der Waals surface area (Å²) in [4.78, 5) is -0.374. The predicted octanol–water partition coefficient (Wildman–Crippen LogP) is 6.70. The number of fused-ring (bicyclic) bond motifs is 16. The second-order valence-corrected chi connectivity index (χ2v) is 27.5. The van der Waals surface area contributed by atoms with Gasteiger partial charge in [-0.2, -0.15) is 21.5 Å². The third-order valence-electron chi connectivity index (χ3n) is 12.4. The Morgan fingerprint density at radius 2 is 0.394 bits per heavy atom. The minimum absolute atomic E-state index is 0.0245. The summed E-state index contributed by atoms with van der Waals surface area (Å²) in [6, 6.07) is 37.5. The molecule has 0 aromatic heterocycles. The Hall–Kier alpha value is -5.13. The molecule has 6 aromatic carbocycles. The highest BCUT2D eigenvalue weighted by Gasteiger charge is 2.35. The van der Waals surface area contributed by atoms with Crippen molar-refractivity contribution in [2.75, 3.05) is 52.4 Å². The molecule has 6 aromatic rings. The molecule has 0 radical (unpaired) electrons. The van der Waals surface area contributed by atoms with Gasteiger partial charge in [-0.1, -0.05) is 113 Å². The van der Waals surface area contributed by atoms with Gasteiger partial charge in [0.2, 0.25) is 50.1 Å². The highest BCUT2D eigenvalue weighted by atomic mass is 32.2. The highest BCUT2D eigenvalue weighted by molar-refractivity contribution is 7.90. The van der Waals surface area contributed by atoms with Crippen LogP contribution in [0, 0.1) is 34.6 Å². The molecule has 0 spiro atoms. The second kappa shape index (κ2) is 21.9. The molecule has 0 amide bonds. The maximum absolute atomic E-state index is 14.8. The maximum atomic E-state index is 14.8. The minimum Gasteiger partial charge on any atom is -0.207 e. The molecule has 2 bridgehead atoms. The molecule has 20 heteroatoms. The molecule has 0 aliphatic carbocycles. The van der Waals surface area contributed by atoms with Gasteiger partial charge in [0.25, 0.3) is 0 Å². The van der Waals surface area contributed by atoms with Gasteiger partial charge in [0.15, 0.2) is 0 Å². The molecule has 2 aliphatic heterocycles. The highest BCUT2D eigenvalue weighted by Crippen LogP contribution is 2.26. The van der Waals surface area contributed by atoms with Crippen LogP contribution in [0.3, 0.4) is 0 Å². The van der Waals surface area contributed by atoms with Crippen molar-refractivity contribution < 1.29 is 42.1 Å². The molecule has 0 saturated carbocycles. The zero-order chi connectivity index (χ0) is 51.4. The van der Waals surface area contributed by atoms with Crippen LogP contribution in [0.15, 0.2) is 170 Å². The quantitative estimate of drug-likeness (QED) is 0.134. The van der Waals surface area contributed by atoms with Crippen LogP contribution in [-0.2, 0) is 63.2 Å². The van der Waals surface area contributed by atoms with E-state index >= 15 is 0 Å². The molecule has 378 valence electrons. The fraction of sp³-hybridized carbons (Fsp3) is 0.294. The molecule has 71 heavy (non-hydrogen) atoms. The largest absolute Gasteiger partial charge is 0.243 e. The average Bonchev–Trinajstić information content (AvgIpc) is 3.33. The van der Waals surface area contributed by atoms with Crippen LogP contribution in [0.2, 0.25) is 0 Å². The number of benzene rings is 6. The lowest BCUT2D eigenvalue weighted by atomic mass is 10.1. The van der Waals surface area contributed by atoms with E-state index < -0.39 is 89.4 Å². The minimum atomic E-state index is -4.49. The molecule has 2 heterocycles. The van der Waals surface area contributed by atoms with E-state index in [1.165, 1.54) is 69.3 Å². The Morgan fingerprint density at radius 1 is 0.239 bits per heavy atom. The zero-order valence-electron chi connectivity index (χ0n) is 40.3. The fourth-order valence-corrected chi connectivity index (χ4v) is 15.1. The molecule has 15 nitrogen and oxygen atoms in total. The Bertz CT molecular complexity index is 3190. The molecule has 0 saturated heterocycles. The smallest absolute Gasteiger partial charge is 0.207 e. The van der Waals surface area contributed by atoms with E-state index in [1.807, 2.05) is 13.8 Å². The first-order valence-corrected chi connectivity index (χ1v) is 30.1. The lowest BCUT2D eigenvalue weighted by molar-refractivity contribution is 0.292. The Labute approximate surface area is 420 Å². The van der Waals surface area contributed by atoms with Gasteiger partial charge in [0.05, 0.1) is 24.5 Å². The third-order valence-corrected chi connectivity index (χ3v) is 21.9. The van der Waals surface area contributed by atoms with Crippen LogP contribution < -0.4 is 0 Å². The molecular weight excluding hydrogens is 1000 g/mol. The van der Waals surface area contributed by atoms with Crippen molar-refractivity contribution in [2.45, 2.75) is 72.2 Å². The van der Waals surface area contributed by atoms with E-state index in [9.17, 15) is 42.1 Å². The molecule has 2 aliphatic rings. The fourth-order valence-electron chi connectivity index (χ4n) is 7.97. The average molecular weight is 1060 g/mol. The summed E-state index contributed by atoms with van der Waals surface area (Å²) >= 11 is 0. The van der Waals surface area contributed by atoms with Gasteiger partial charge in [-0.25, -0.2) is 42.1 Å². The van der Waals surface area contributed by atoms with E-state index in [4.69, 9.17) is 0 Å². The Balaban J connectivity index is 1.38. The normalized spacial score (nSPS) is 16.8.